The van der Waals surface area contributed by atoms with Crippen molar-refractivity contribution in [1.29, 1.82) is 0 Å². The molecule has 1 unspecified atom stereocenters. The van der Waals surface area contributed by atoms with Crippen LogP contribution in [0.4, 0.5) is 13.2 Å². The van der Waals surface area contributed by atoms with E-state index in [0.717, 1.165) is 12.1 Å². The molecule has 28 heavy (non-hydrogen) atoms. The molecule has 0 aliphatic heterocycles. The van der Waals surface area contributed by atoms with E-state index < -0.39 is 29.2 Å². The Morgan fingerprint density at radius 2 is 1.93 bits per heavy atom. The van der Waals surface area contributed by atoms with Crippen LogP contribution in [0.3, 0.4) is 0 Å². The molecule has 1 heterocycles. The number of benzene rings is 1. The fourth-order valence-electron chi connectivity index (χ4n) is 2.74. The molecule has 2 aromatic rings. The molecule has 0 radical (unpaired) electrons. The van der Waals surface area contributed by atoms with E-state index in [9.17, 15) is 22.8 Å². The Morgan fingerprint density at radius 1 is 1.29 bits per heavy atom. The van der Waals surface area contributed by atoms with E-state index in [1.54, 1.807) is 27.7 Å². The van der Waals surface area contributed by atoms with Gasteiger partial charge in [0.05, 0.1) is 40.7 Å². The van der Waals surface area contributed by atoms with Crippen LogP contribution in [-0.4, -0.2) is 32.3 Å². The normalized spacial score (nSPS) is 14.0. The standard InChI is InChI=1S/C19H22F3N3O3/c1-11(2)18(4,9-16(26)27)24-17(28)15-10-23-25(12(15)3)14-7-5-6-13(8-14)19(20,21)22/h5-8,10-11H,9H2,1-4H3,(H,24,28)(H,26,27). The lowest BCUT2D eigenvalue weighted by molar-refractivity contribution is -0.139. The Morgan fingerprint density at radius 3 is 2.46 bits per heavy atom. The van der Waals surface area contributed by atoms with Crippen LogP contribution >= 0.6 is 0 Å². The summed E-state index contributed by atoms with van der Waals surface area (Å²) in [5.41, 5.74) is -1.13. The number of hydrogen-bond donors (Lipinski definition) is 2. The topological polar surface area (TPSA) is 84.2 Å². The number of hydrogen-bond acceptors (Lipinski definition) is 3. The minimum absolute atomic E-state index is 0.161. The predicted molar refractivity (Wildman–Crippen MR) is 96.3 cm³/mol. The molecule has 1 aromatic carbocycles. The van der Waals surface area contributed by atoms with Crippen LogP contribution in [0, 0.1) is 12.8 Å². The third-order valence-electron chi connectivity index (χ3n) is 4.86. The van der Waals surface area contributed by atoms with Crippen molar-refractivity contribution in [3.63, 3.8) is 0 Å². The summed E-state index contributed by atoms with van der Waals surface area (Å²) in [6.45, 7) is 6.78. The highest BCUT2D eigenvalue weighted by Gasteiger charge is 2.34. The number of carboxylic acid groups (broad SMARTS) is 1. The molecular weight excluding hydrogens is 375 g/mol. The Balaban J connectivity index is 2.35. The van der Waals surface area contributed by atoms with Gasteiger partial charge in [0, 0.05) is 0 Å². The second-order valence-corrected chi connectivity index (χ2v) is 7.20. The van der Waals surface area contributed by atoms with Crippen molar-refractivity contribution >= 4 is 11.9 Å². The van der Waals surface area contributed by atoms with Crippen molar-refractivity contribution in [1.82, 2.24) is 15.1 Å². The number of carbonyl (C=O) groups is 2. The molecule has 0 fully saturated rings. The van der Waals surface area contributed by atoms with Crippen LogP contribution in [0.5, 0.6) is 0 Å². The smallest absolute Gasteiger partial charge is 0.416 e. The van der Waals surface area contributed by atoms with E-state index in [-0.39, 0.29) is 23.6 Å². The van der Waals surface area contributed by atoms with E-state index in [1.165, 1.54) is 23.0 Å². The van der Waals surface area contributed by atoms with Crippen molar-refractivity contribution < 1.29 is 27.9 Å². The average molecular weight is 397 g/mol. The van der Waals surface area contributed by atoms with Crippen LogP contribution in [0.1, 0.15) is 48.8 Å². The number of rotatable bonds is 6. The van der Waals surface area contributed by atoms with E-state index in [2.05, 4.69) is 10.4 Å². The Labute approximate surface area is 160 Å². The van der Waals surface area contributed by atoms with Gasteiger partial charge in [-0.3, -0.25) is 9.59 Å². The molecule has 6 nitrogen and oxygen atoms in total. The molecular formula is C19H22F3N3O3. The minimum atomic E-state index is -4.49. The van der Waals surface area contributed by atoms with Gasteiger partial charge in [0.1, 0.15) is 0 Å². The van der Waals surface area contributed by atoms with Gasteiger partial charge in [0.15, 0.2) is 0 Å². The zero-order valence-corrected chi connectivity index (χ0v) is 16.0. The first kappa shape index (κ1) is 21.5. The number of nitrogens with one attached hydrogen (secondary N) is 1. The van der Waals surface area contributed by atoms with Gasteiger partial charge in [0.2, 0.25) is 0 Å². The maximum atomic E-state index is 12.9. The summed E-state index contributed by atoms with van der Waals surface area (Å²) >= 11 is 0. The third-order valence-corrected chi connectivity index (χ3v) is 4.86. The van der Waals surface area contributed by atoms with Gasteiger partial charge in [0.25, 0.3) is 5.91 Å². The molecule has 0 aliphatic carbocycles. The highest BCUT2D eigenvalue weighted by atomic mass is 19.4. The van der Waals surface area contributed by atoms with Crippen LogP contribution in [0.2, 0.25) is 0 Å². The SMILES string of the molecule is Cc1c(C(=O)NC(C)(CC(=O)O)C(C)C)cnn1-c1cccc(C(F)(F)F)c1. The molecule has 1 aromatic heterocycles. The first-order valence-electron chi connectivity index (χ1n) is 8.61. The van der Waals surface area contributed by atoms with Crippen molar-refractivity contribution in [3.05, 3.63) is 47.3 Å². The summed E-state index contributed by atoms with van der Waals surface area (Å²) in [6, 6.07) is 4.63. The van der Waals surface area contributed by atoms with Crippen LogP contribution in [0.15, 0.2) is 30.5 Å². The number of carbonyl (C=O) groups excluding carboxylic acids is 1. The average Bonchev–Trinajstić information content (AvgIpc) is 2.95. The van der Waals surface area contributed by atoms with Gasteiger partial charge in [-0.1, -0.05) is 19.9 Å². The fourth-order valence-corrected chi connectivity index (χ4v) is 2.74. The Bertz CT molecular complexity index is 890. The monoisotopic (exact) mass is 397 g/mol. The zero-order valence-electron chi connectivity index (χ0n) is 16.0. The molecule has 2 N–H and O–H groups in total. The molecule has 0 bridgehead atoms. The van der Waals surface area contributed by atoms with Gasteiger partial charge >= 0.3 is 12.1 Å². The van der Waals surface area contributed by atoms with Gasteiger partial charge < -0.3 is 10.4 Å². The second-order valence-electron chi connectivity index (χ2n) is 7.20. The lowest BCUT2D eigenvalue weighted by atomic mass is 9.85. The molecule has 0 aliphatic rings. The van der Waals surface area contributed by atoms with E-state index in [4.69, 9.17) is 5.11 Å². The van der Waals surface area contributed by atoms with Crippen LogP contribution in [-0.2, 0) is 11.0 Å². The number of amides is 1. The first-order chi connectivity index (χ1) is 12.8. The largest absolute Gasteiger partial charge is 0.481 e. The Kier molecular flexibility index (Phi) is 5.86. The molecule has 152 valence electrons. The van der Waals surface area contributed by atoms with Crippen LogP contribution < -0.4 is 5.32 Å². The maximum Gasteiger partial charge on any atom is 0.416 e. The quantitative estimate of drug-likeness (QED) is 0.776. The van der Waals surface area contributed by atoms with E-state index >= 15 is 0 Å². The molecule has 0 saturated carbocycles. The fraction of sp³-hybridized carbons (Fsp3) is 0.421. The minimum Gasteiger partial charge on any atom is -0.481 e. The second kappa shape index (κ2) is 7.65. The summed E-state index contributed by atoms with van der Waals surface area (Å²) in [5, 5.41) is 15.9. The van der Waals surface area contributed by atoms with Crippen LogP contribution in [0.25, 0.3) is 5.69 Å². The molecule has 0 saturated heterocycles. The molecule has 2 rings (SSSR count). The van der Waals surface area contributed by atoms with Gasteiger partial charge in [-0.25, -0.2) is 4.68 Å². The van der Waals surface area contributed by atoms with Gasteiger partial charge in [-0.2, -0.15) is 18.3 Å². The summed E-state index contributed by atoms with van der Waals surface area (Å²) in [6.07, 6.45) is -3.50. The first-order valence-corrected chi connectivity index (χ1v) is 8.61. The number of carboxylic acids is 1. The zero-order chi connectivity index (χ0) is 21.3. The van der Waals surface area contributed by atoms with Crippen molar-refractivity contribution in [2.45, 2.75) is 45.8 Å². The summed E-state index contributed by atoms with van der Waals surface area (Å²) in [5.74, 6) is -1.74. The third kappa shape index (κ3) is 4.52. The molecule has 9 heteroatoms. The number of halogens is 3. The van der Waals surface area contributed by atoms with Gasteiger partial charge in [-0.15, -0.1) is 0 Å². The number of nitrogens with zero attached hydrogens (tertiary/aromatic N) is 2. The Hall–Kier alpha value is -2.84. The highest BCUT2D eigenvalue weighted by molar-refractivity contribution is 5.96. The molecule has 1 amide bonds. The maximum absolute atomic E-state index is 12.9. The molecule has 0 spiro atoms. The van der Waals surface area contributed by atoms with Crippen molar-refractivity contribution in [2.75, 3.05) is 0 Å². The predicted octanol–water partition coefficient (Wildman–Crippen LogP) is 3.82. The summed E-state index contributed by atoms with van der Waals surface area (Å²) < 4.78 is 40.1. The van der Waals surface area contributed by atoms with Crippen molar-refractivity contribution in [2.24, 2.45) is 5.92 Å². The van der Waals surface area contributed by atoms with Gasteiger partial charge in [-0.05, 0) is 38.0 Å². The lowest BCUT2D eigenvalue weighted by Gasteiger charge is -2.33. The number of aliphatic carboxylic acids is 1. The van der Waals surface area contributed by atoms with E-state index in [0.29, 0.717) is 5.69 Å². The lowest BCUT2D eigenvalue weighted by Crippen LogP contribution is -2.51. The number of aromatic nitrogens is 2. The summed E-state index contributed by atoms with van der Waals surface area (Å²) in [7, 11) is 0. The molecule has 1 atom stereocenters. The van der Waals surface area contributed by atoms with E-state index in [1.807, 2.05) is 0 Å². The highest BCUT2D eigenvalue weighted by Crippen LogP contribution is 2.30. The van der Waals surface area contributed by atoms with Crippen molar-refractivity contribution in [3.8, 4) is 5.69 Å². The number of alkyl halides is 3. The summed E-state index contributed by atoms with van der Waals surface area (Å²) in [4.78, 5) is 23.8.